The van der Waals surface area contributed by atoms with Crippen LogP contribution in [0.25, 0.3) is 6.08 Å². The minimum atomic E-state index is -3.72. The Morgan fingerprint density at radius 3 is 2.07 bits per heavy atom. The van der Waals surface area contributed by atoms with Gasteiger partial charge in [-0.05, 0) is 47.5 Å². The number of benzene rings is 3. The Balaban J connectivity index is 1.65. The van der Waals surface area contributed by atoms with Gasteiger partial charge in [-0.1, -0.05) is 66.7 Å². The van der Waals surface area contributed by atoms with E-state index in [2.05, 4.69) is 29.7 Å². The first-order valence-electron chi connectivity index (χ1n) is 9.19. The molecule has 0 amide bonds. The van der Waals surface area contributed by atoms with E-state index in [0.717, 1.165) is 22.5 Å². The smallest absolute Gasteiger partial charge is 0.238 e. The van der Waals surface area contributed by atoms with Gasteiger partial charge < -0.3 is 0 Å². The quantitative estimate of drug-likeness (QED) is 0.675. The first kappa shape index (κ1) is 19.0. The van der Waals surface area contributed by atoms with Crippen LogP contribution >= 0.6 is 0 Å². The number of hydrazine groups is 1. The SMILES string of the molecule is NS(=O)(=O)c1ccc(N2NC(/C=C/c3ccccc3)=C[C@H]2c2ccccc2)cc1. The average Bonchev–Trinajstić information content (AvgIpc) is 3.17. The molecule has 29 heavy (non-hydrogen) atoms. The second-order valence-corrected chi connectivity index (χ2v) is 8.30. The second kappa shape index (κ2) is 7.95. The molecule has 1 aliphatic rings. The second-order valence-electron chi connectivity index (χ2n) is 6.74. The van der Waals surface area contributed by atoms with Gasteiger partial charge in [0, 0.05) is 0 Å². The first-order chi connectivity index (χ1) is 14.0. The molecule has 4 rings (SSSR count). The van der Waals surface area contributed by atoms with Crippen molar-refractivity contribution in [3.63, 3.8) is 0 Å². The average molecular weight is 404 g/mol. The van der Waals surface area contributed by atoms with Crippen LogP contribution in [0.15, 0.2) is 108 Å². The number of allylic oxidation sites excluding steroid dienone is 1. The number of hydrogen-bond acceptors (Lipinski definition) is 4. The van der Waals surface area contributed by atoms with Crippen LogP contribution in [-0.2, 0) is 10.0 Å². The summed E-state index contributed by atoms with van der Waals surface area (Å²) in [5.74, 6) is 0. The van der Waals surface area contributed by atoms with Crippen molar-refractivity contribution in [1.82, 2.24) is 5.43 Å². The Labute approximate surface area is 170 Å². The van der Waals surface area contributed by atoms with Crippen molar-refractivity contribution in [2.45, 2.75) is 10.9 Å². The largest absolute Gasteiger partial charge is 0.298 e. The molecule has 0 saturated carbocycles. The lowest BCUT2D eigenvalue weighted by Crippen LogP contribution is -2.34. The third kappa shape index (κ3) is 4.39. The van der Waals surface area contributed by atoms with Crippen LogP contribution in [0.5, 0.6) is 0 Å². The van der Waals surface area contributed by atoms with E-state index < -0.39 is 10.0 Å². The van der Waals surface area contributed by atoms with Crippen molar-refractivity contribution in [3.8, 4) is 0 Å². The molecule has 6 heteroatoms. The van der Waals surface area contributed by atoms with Crippen molar-refractivity contribution < 1.29 is 8.42 Å². The van der Waals surface area contributed by atoms with Crippen LogP contribution < -0.4 is 15.6 Å². The summed E-state index contributed by atoms with van der Waals surface area (Å²) in [6, 6.07) is 26.7. The predicted octanol–water partition coefficient (Wildman–Crippen LogP) is 4.00. The Hall–Kier alpha value is -3.35. The normalized spacial score (nSPS) is 16.7. The summed E-state index contributed by atoms with van der Waals surface area (Å²) in [5.41, 5.74) is 7.44. The Morgan fingerprint density at radius 2 is 1.45 bits per heavy atom. The van der Waals surface area contributed by atoms with Gasteiger partial charge >= 0.3 is 0 Å². The van der Waals surface area contributed by atoms with Crippen LogP contribution in [0.4, 0.5) is 5.69 Å². The van der Waals surface area contributed by atoms with Gasteiger partial charge in [0.2, 0.25) is 10.0 Å². The topological polar surface area (TPSA) is 75.4 Å². The lowest BCUT2D eigenvalue weighted by molar-refractivity contribution is 0.597. The summed E-state index contributed by atoms with van der Waals surface area (Å²) in [4.78, 5) is 0.0915. The highest BCUT2D eigenvalue weighted by atomic mass is 32.2. The molecule has 3 aromatic carbocycles. The fourth-order valence-corrected chi connectivity index (χ4v) is 3.77. The standard InChI is InChI=1S/C23H21N3O2S/c24-29(27,28)22-15-13-21(14-16-22)26-23(19-9-5-2-6-10-19)17-20(25-26)12-11-18-7-3-1-4-8-18/h1-17,23,25H,(H2,24,27,28)/b12-11+/t23-/m0/s1. The fraction of sp³-hybridized carbons (Fsp3) is 0.0435. The van der Waals surface area contributed by atoms with Gasteiger partial charge in [-0.25, -0.2) is 13.6 Å². The van der Waals surface area contributed by atoms with Crippen molar-refractivity contribution in [1.29, 1.82) is 0 Å². The molecule has 3 N–H and O–H groups in total. The lowest BCUT2D eigenvalue weighted by Gasteiger charge is -2.27. The van der Waals surface area contributed by atoms with Gasteiger partial charge in [-0.15, -0.1) is 0 Å². The molecule has 3 aromatic rings. The molecule has 146 valence electrons. The number of sulfonamides is 1. The molecular weight excluding hydrogens is 382 g/mol. The first-order valence-corrected chi connectivity index (χ1v) is 10.7. The predicted molar refractivity (Wildman–Crippen MR) is 116 cm³/mol. The van der Waals surface area contributed by atoms with Gasteiger partial charge in [0.05, 0.1) is 22.3 Å². The van der Waals surface area contributed by atoms with Gasteiger partial charge in [-0.2, -0.15) is 0 Å². The third-order valence-corrected chi connectivity index (χ3v) is 5.63. The minimum absolute atomic E-state index is 0.0352. The van der Waals surface area contributed by atoms with Gasteiger partial charge in [-0.3, -0.25) is 10.4 Å². The fourth-order valence-electron chi connectivity index (χ4n) is 3.25. The number of anilines is 1. The molecule has 0 unspecified atom stereocenters. The Kier molecular flexibility index (Phi) is 5.20. The summed E-state index contributed by atoms with van der Waals surface area (Å²) in [5, 5.41) is 7.23. The van der Waals surface area contributed by atoms with E-state index in [1.54, 1.807) is 12.1 Å². The Morgan fingerprint density at radius 1 is 0.828 bits per heavy atom. The molecule has 0 radical (unpaired) electrons. The number of rotatable bonds is 5. The van der Waals surface area contributed by atoms with Gasteiger partial charge in [0.25, 0.3) is 0 Å². The molecule has 0 bridgehead atoms. The molecule has 1 aliphatic heterocycles. The molecule has 5 nitrogen and oxygen atoms in total. The molecule has 1 heterocycles. The highest BCUT2D eigenvalue weighted by Crippen LogP contribution is 2.32. The van der Waals surface area contributed by atoms with E-state index in [4.69, 9.17) is 5.14 Å². The van der Waals surface area contributed by atoms with Crippen LogP contribution in [-0.4, -0.2) is 8.42 Å². The van der Waals surface area contributed by atoms with Crippen molar-refractivity contribution >= 4 is 21.8 Å². The number of hydrogen-bond donors (Lipinski definition) is 2. The van der Waals surface area contributed by atoms with Crippen LogP contribution in [0.2, 0.25) is 0 Å². The van der Waals surface area contributed by atoms with Crippen molar-refractivity contribution in [3.05, 3.63) is 114 Å². The number of primary sulfonamides is 1. The van der Waals surface area contributed by atoms with E-state index in [1.807, 2.05) is 59.6 Å². The highest BCUT2D eigenvalue weighted by Gasteiger charge is 2.25. The van der Waals surface area contributed by atoms with Crippen LogP contribution in [0.3, 0.4) is 0 Å². The van der Waals surface area contributed by atoms with E-state index in [1.165, 1.54) is 12.1 Å². The van der Waals surface area contributed by atoms with Gasteiger partial charge in [0.15, 0.2) is 0 Å². The summed E-state index contributed by atoms with van der Waals surface area (Å²) in [6.07, 6.45) is 6.22. The maximum atomic E-state index is 11.6. The molecular formula is C23H21N3O2S. The third-order valence-electron chi connectivity index (χ3n) is 4.70. The monoisotopic (exact) mass is 403 g/mol. The van der Waals surface area contributed by atoms with E-state index in [-0.39, 0.29) is 10.9 Å². The molecule has 0 fully saturated rings. The van der Waals surface area contributed by atoms with E-state index >= 15 is 0 Å². The minimum Gasteiger partial charge on any atom is -0.298 e. The summed E-state index contributed by atoms with van der Waals surface area (Å²) in [6.45, 7) is 0. The molecule has 0 aromatic heterocycles. The maximum Gasteiger partial charge on any atom is 0.238 e. The molecule has 0 saturated heterocycles. The molecule has 1 atom stereocenters. The number of nitrogens with two attached hydrogens (primary N) is 1. The zero-order chi connectivity index (χ0) is 20.3. The number of nitrogens with one attached hydrogen (secondary N) is 1. The molecule has 0 aliphatic carbocycles. The van der Waals surface area contributed by atoms with Crippen molar-refractivity contribution in [2.75, 3.05) is 5.01 Å². The number of nitrogens with zero attached hydrogens (tertiary/aromatic N) is 1. The lowest BCUT2D eigenvalue weighted by atomic mass is 10.1. The Bertz CT molecular complexity index is 1140. The van der Waals surface area contributed by atoms with Crippen molar-refractivity contribution in [2.24, 2.45) is 5.14 Å². The zero-order valence-electron chi connectivity index (χ0n) is 15.6. The molecule has 0 spiro atoms. The van der Waals surface area contributed by atoms with Gasteiger partial charge in [0.1, 0.15) is 0 Å². The van der Waals surface area contributed by atoms with E-state index in [9.17, 15) is 8.42 Å². The maximum absolute atomic E-state index is 11.6. The summed E-state index contributed by atoms with van der Waals surface area (Å²) in [7, 11) is -3.72. The van der Waals surface area contributed by atoms with Crippen LogP contribution in [0.1, 0.15) is 17.2 Å². The summed E-state index contributed by atoms with van der Waals surface area (Å²) < 4.78 is 23.1. The van der Waals surface area contributed by atoms with Crippen LogP contribution in [0, 0.1) is 0 Å². The summed E-state index contributed by atoms with van der Waals surface area (Å²) >= 11 is 0. The zero-order valence-corrected chi connectivity index (χ0v) is 16.5. The van der Waals surface area contributed by atoms with E-state index in [0.29, 0.717) is 0 Å². The highest BCUT2D eigenvalue weighted by molar-refractivity contribution is 7.89.